The molecule has 1 amide bonds. The number of pyridine rings is 1. The number of fused-ring (bicyclic) bond motifs is 1. The monoisotopic (exact) mass is 848 g/mol. The van der Waals surface area contributed by atoms with Gasteiger partial charge in [-0.15, -0.1) is 11.8 Å². The normalized spacial score (nSPS) is 17.9. The minimum atomic E-state index is -4.64. The first kappa shape index (κ1) is 46.8. The van der Waals surface area contributed by atoms with Gasteiger partial charge < -0.3 is 11.1 Å². The van der Waals surface area contributed by atoms with Crippen LogP contribution in [0.4, 0.5) is 35.1 Å². The molecule has 0 spiro atoms. The maximum atomic E-state index is 15.6. The van der Waals surface area contributed by atoms with Crippen LogP contribution in [0.5, 0.6) is 0 Å². The highest BCUT2D eigenvalue weighted by Gasteiger charge is 2.43. The van der Waals surface area contributed by atoms with E-state index in [0.29, 0.717) is 29.6 Å². The summed E-state index contributed by atoms with van der Waals surface area (Å²) in [6.45, 7) is 10.6. The van der Waals surface area contributed by atoms with E-state index in [-0.39, 0.29) is 58.4 Å². The molecule has 0 bridgehead atoms. The lowest BCUT2D eigenvalue weighted by Crippen LogP contribution is -2.34. The van der Waals surface area contributed by atoms with E-state index in [0.717, 1.165) is 23.7 Å². The van der Waals surface area contributed by atoms with Crippen molar-refractivity contribution in [1.29, 1.82) is 0 Å². The molecule has 2 atom stereocenters. The van der Waals surface area contributed by atoms with Crippen LogP contribution in [-0.2, 0) is 17.8 Å². The summed E-state index contributed by atoms with van der Waals surface area (Å²) in [4.78, 5) is 22.7. The molecule has 3 N–H and O–H groups in total. The number of carbonyl (C=O) groups is 1. The highest BCUT2D eigenvalue weighted by atomic mass is 32.2. The highest BCUT2D eigenvalue weighted by Crippen LogP contribution is 2.40. The van der Waals surface area contributed by atoms with Crippen LogP contribution in [0, 0.1) is 37.3 Å². The van der Waals surface area contributed by atoms with Crippen molar-refractivity contribution < 1.29 is 39.9 Å². The number of rotatable bonds is 10. The second kappa shape index (κ2) is 18.1. The molecular weight excluding hydrogens is 801 g/mol. The highest BCUT2D eigenvalue weighted by molar-refractivity contribution is 8.00. The number of benzene rings is 2. The van der Waals surface area contributed by atoms with Crippen LogP contribution in [0.25, 0.3) is 22.0 Å². The van der Waals surface area contributed by atoms with Gasteiger partial charge in [0.2, 0.25) is 5.91 Å². The first-order chi connectivity index (χ1) is 27.4. The fraction of sp³-hybridized carbons (Fsp3) is 0.442. The zero-order valence-electron chi connectivity index (χ0n) is 34.4. The Morgan fingerprint density at radius 3 is 2.25 bits per heavy atom. The van der Waals surface area contributed by atoms with Gasteiger partial charge in [0.25, 0.3) is 5.92 Å². The van der Waals surface area contributed by atoms with Crippen LogP contribution in [0.15, 0.2) is 58.7 Å². The number of hydrogen-bond donors (Lipinski definition) is 2. The number of nitrogens with one attached hydrogen (secondary N) is 1. The number of nitrogens with two attached hydrogens (primary N) is 1. The molecule has 2 aromatic carbocycles. The van der Waals surface area contributed by atoms with E-state index in [1.165, 1.54) is 11.8 Å². The van der Waals surface area contributed by atoms with Gasteiger partial charge in [0.15, 0.2) is 0 Å². The predicted octanol–water partition coefficient (Wildman–Crippen LogP) is 10.3. The number of allylic oxidation sites excluding steroid dienone is 2. The Kier molecular flexibility index (Phi) is 14.4. The Labute approximate surface area is 343 Å². The molecule has 1 aliphatic rings. The van der Waals surface area contributed by atoms with E-state index in [4.69, 9.17) is 10.7 Å². The van der Waals surface area contributed by atoms with E-state index >= 15 is 4.39 Å². The number of carbonyl (C=O) groups excluding carboxylic acids is 1. The Bertz CT molecular complexity index is 2310. The van der Waals surface area contributed by atoms with Gasteiger partial charge in [0.05, 0.1) is 39.1 Å². The SMILES string of the molecule is CC.CSC(C)(C)C#Cc1ccc(-c2ccc(C)c3c(C)nn(CC(F)(F)F)c23)c(C(Cc2cc(F)cc(F)c2)NC(=O)CN=C2/C(=C(\N)C(C)(F)F)CCC2(C)F)n1. The average molecular weight is 849 g/mol. The fourth-order valence-electron chi connectivity index (χ4n) is 6.77. The number of thioether (sulfide) groups is 1. The largest absolute Gasteiger partial charge is 0.408 e. The second-order valence-corrected chi connectivity index (χ2v) is 16.3. The third-order valence-electron chi connectivity index (χ3n) is 9.65. The summed E-state index contributed by atoms with van der Waals surface area (Å²) in [6.07, 6.45) is -3.40. The third kappa shape index (κ3) is 11.4. The Hall–Kier alpha value is -4.91. The molecule has 2 heterocycles. The van der Waals surface area contributed by atoms with Crippen molar-refractivity contribution in [1.82, 2.24) is 20.1 Å². The van der Waals surface area contributed by atoms with Crippen molar-refractivity contribution in [3.63, 3.8) is 0 Å². The number of aromatic nitrogens is 3. The summed E-state index contributed by atoms with van der Waals surface area (Å²) < 4.78 is 115. The van der Waals surface area contributed by atoms with E-state index in [1.54, 1.807) is 38.1 Å². The molecule has 318 valence electrons. The van der Waals surface area contributed by atoms with Crippen molar-refractivity contribution >= 4 is 34.3 Å². The average Bonchev–Trinajstić information content (AvgIpc) is 3.62. The molecule has 1 fully saturated rings. The number of halogens is 8. The van der Waals surface area contributed by atoms with Crippen molar-refractivity contribution in [3.05, 3.63) is 93.6 Å². The second-order valence-electron chi connectivity index (χ2n) is 14.9. The minimum absolute atomic E-state index is 0.0728. The molecule has 0 saturated heterocycles. The van der Waals surface area contributed by atoms with Crippen LogP contribution >= 0.6 is 11.8 Å². The first-order valence-electron chi connectivity index (χ1n) is 18.9. The Morgan fingerprint density at radius 2 is 1.66 bits per heavy atom. The molecule has 7 nitrogen and oxygen atoms in total. The van der Waals surface area contributed by atoms with Gasteiger partial charge in [0, 0.05) is 35.1 Å². The molecular formula is C43H48F8N6OS. The molecule has 0 aliphatic heterocycles. The molecule has 5 rings (SSSR count). The summed E-state index contributed by atoms with van der Waals surface area (Å²) in [5, 5.41) is 7.44. The van der Waals surface area contributed by atoms with Crippen molar-refractivity contribution in [2.45, 2.75) is 110 Å². The molecule has 0 radical (unpaired) electrons. The van der Waals surface area contributed by atoms with Gasteiger partial charge in [-0.05, 0) is 101 Å². The van der Waals surface area contributed by atoms with Crippen molar-refractivity contribution in [2.75, 3.05) is 12.8 Å². The smallest absolute Gasteiger partial charge is 0.397 e. The minimum Gasteiger partial charge on any atom is -0.397 e. The number of alkyl halides is 6. The number of aryl methyl sites for hydroxylation is 2. The topological polar surface area (TPSA) is 98.2 Å². The lowest BCUT2D eigenvalue weighted by molar-refractivity contribution is -0.141. The van der Waals surface area contributed by atoms with Gasteiger partial charge >= 0.3 is 6.18 Å². The molecule has 59 heavy (non-hydrogen) atoms. The summed E-state index contributed by atoms with van der Waals surface area (Å²) in [6, 6.07) is 7.99. The third-order valence-corrected chi connectivity index (χ3v) is 10.8. The quantitative estimate of drug-likeness (QED) is 0.122. The predicted molar refractivity (Wildman–Crippen MR) is 218 cm³/mol. The van der Waals surface area contributed by atoms with Crippen LogP contribution in [-0.4, -0.2) is 61.7 Å². The zero-order valence-corrected chi connectivity index (χ0v) is 35.2. The zero-order chi connectivity index (χ0) is 44.2. The molecule has 1 aliphatic carbocycles. The van der Waals surface area contributed by atoms with Gasteiger partial charge in [-0.2, -0.15) is 18.3 Å². The fourth-order valence-corrected chi connectivity index (χ4v) is 6.93. The summed E-state index contributed by atoms with van der Waals surface area (Å²) in [7, 11) is 0. The Balaban J connectivity index is 0.00000378. The maximum Gasteiger partial charge on any atom is 0.408 e. The van der Waals surface area contributed by atoms with Crippen LogP contribution in [0.2, 0.25) is 0 Å². The standard InChI is InChI=1S/C41H42F8N6OS.C2H6/c1-22-8-10-29(35-33(22)23(2)54-55(35)21-41(47,48)49)28-11-9-27(12-14-38(3,4)57-7)52-34(28)31(18-24-16-25(42)19-26(43)17-24)53-32(56)20-51-37-30(13-15-39(37,5)44)36(50)40(6,45)46;1-2/h8-11,16-17,19,31H,13,15,18,20-21,50H2,1-7H3,(H,53,56);1-2H3/b36-30-,51-37?;. The molecule has 2 aromatic heterocycles. The van der Waals surface area contributed by atoms with Crippen LogP contribution in [0.1, 0.15) is 88.6 Å². The van der Waals surface area contributed by atoms with Gasteiger partial charge in [0.1, 0.15) is 36.1 Å². The number of amides is 1. The van der Waals surface area contributed by atoms with Crippen LogP contribution in [0.3, 0.4) is 0 Å². The lowest BCUT2D eigenvalue weighted by Gasteiger charge is -2.23. The summed E-state index contributed by atoms with van der Waals surface area (Å²) in [5.74, 6) is -0.0251. The molecule has 2 unspecified atom stereocenters. The molecule has 1 saturated carbocycles. The van der Waals surface area contributed by atoms with Crippen molar-refractivity contribution in [3.8, 4) is 23.0 Å². The summed E-state index contributed by atoms with van der Waals surface area (Å²) >= 11 is 1.48. The van der Waals surface area contributed by atoms with Gasteiger partial charge in [-0.3, -0.25) is 14.5 Å². The van der Waals surface area contributed by atoms with Crippen LogP contribution < -0.4 is 11.1 Å². The Morgan fingerprint density at radius 1 is 1.03 bits per heavy atom. The molecule has 16 heteroatoms. The maximum absolute atomic E-state index is 15.6. The van der Waals surface area contributed by atoms with E-state index < -0.39 is 70.6 Å². The van der Waals surface area contributed by atoms with E-state index in [1.807, 2.05) is 34.0 Å². The van der Waals surface area contributed by atoms with E-state index in [2.05, 4.69) is 27.2 Å². The van der Waals surface area contributed by atoms with Crippen molar-refractivity contribution in [2.24, 2.45) is 10.7 Å². The number of aliphatic imine (C=N–C) groups is 1. The first-order valence-corrected chi connectivity index (χ1v) is 20.1. The summed E-state index contributed by atoms with van der Waals surface area (Å²) in [5.41, 5.74) is 4.08. The van der Waals surface area contributed by atoms with Gasteiger partial charge in [-0.25, -0.2) is 26.9 Å². The number of nitrogens with zero attached hydrogens (tertiary/aromatic N) is 4. The lowest BCUT2D eigenvalue weighted by atomic mass is 9.92. The van der Waals surface area contributed by atoms with E-state index in [9.17, 15) is 35.5 Å². The van der Waals surface area contributed by atoms with Gasteiger partial charge in [-0.1, -0.05) is 31.9 Å². The molecule has 4 aromatic rings. The number of hydrogen-bond acceptors (Lipinski definition) is 6.